The largest absolute Gasteiger partial charge is 0.327 e. The van der Waals surface area contributed by atoms with Gasteiger partial charge in [-0.3, -0.25) is 0 Å². The van der Waals surface area contributed by atoms with E-state index >= 15 is 0 Å². The summed E-state index contributed by atoms with van der Waals surface area (Å²) in [5.41, 5.74) is 1.48. The van der Waals surface area contributed by atoms with Crippen LogP contribution in [0.4, 0.5) is 8.78 Å². The Morgan fingerprint density at radius 1 is 1.19 bits per heavy atom. The highest BCUT2D eigenvalue weighted by atomic mass is 79.9. The molecule has 0 spiro atoms. The lowest BCUT2D eigenvalue weighted by Crippen LogP contribution is -1.98. The van der Waals surface area contributed by atoms with E-state index in [1.165, 1.54) is 12.1 Å². The Morgan fingerprint density at radius 3 is 2.48 bits per heavy atom. The summed E-state index contributed by atoms with van der Waals surface area (Å²) >= 11 is 3.05. The maximum absolute atomic E-state index is 14.1. The van der Waals surface area contributed by atoms with E-state index in [1.54, 1.807) is 29.8 Å². The standard InChI is InChI=1S/C15H8BrF2N3/c1-21-13-3-2-8(7-19)4-12(13)20-15(21)14-10(17)5-9(16)6-11(14)18/h2-6H,1H3. The number of nitrogens with zero attached hydrogens (tertiary/aromatic N) is 3. The van der Waals surface area contributed by atoms with E-state index in [2.05, 4.69) is 20.9 Å². The van der Waals surface area contributed by atoms with Crippen LogP contribution < -0.4 is 0 Å². The van der Waals surface area contributed by atoms with Crippen molar-refractivity contribution in [3.63, 3.8) is 0 Å². The molecule has 0 amide bonds. The number of imidazole rings is 1. The number of aromatic nitrogens is 2. The minimum Gasteiger partial charge on any atom is -0.327 e. The predicted molar refractivity (Wildman–Crippen MR) is 78.5 cm³/mol. The third-order valence-electron chi connectivity index (χ3n) is 3.24. The molecule has 21 heavy (non-hydrogen) atoms. The van der Waals surface area contributed by atoms with Crippen molar-refractivity contribution in [3.05, 3.63) is 52.0 Å². The fourth-order valence-electron chi connectivity index (χ4n) is 2.25. The van der Waals surface area contributed by atoms with Crippen LogP contribution in [0.25, 0.3) is 22.4 Å². The van der Waals surface area contributed by atoms with Crippen molar-refractivity contribution in [3.8, 4) is 17.5 Å². The molecule has 3 aromatic rings. The summed E-state index contributed by atoms with van der Waals surface area (Å²) < 4.78 is 30.1. The maximum Gasteiger partial charge on any atom is 0.146 e. The summed E-state index contributed by atoms with van der Waals surface area (Å²) in [5.74, 6) is -1.20. The van der Waals surface area contributed by atoms with Gasteiger partial charge < -0.3 is 4.57 Å². The predicted octanol–water partition coefficient (Wildman–Crippen LogP) is 4.15. The SMILES string of the molecule is Cn1c(-c2c(F)cc(Br)cc2F)nc2cc(C#N)ccc21. The molecule has 0 saturated heterocycles. The van der Waals surface area contributed by atoms with Gasteiger partial charge in [-0.1, -0.05) is 15.9 Å². The number of hydrogen-bond acceptors (Lipinski definition) is 2. The molecule has 0 aliphatic carbocycles. The van der Waals surface area contributed by atoms with Crippen LogP contribution in [-0.4, -0.2) is 9.55 Å². The molecule has 2 aromatic carbocycles. The number of nitriles is 1. The number of benzene rings is 2. The van der Waals surface area contributed by atoms with Gasteiger partial charge in [-0.05, 0) is 30.3 Å². The number of hydrogen-bond donors (Lipinski definition) is 0. The Morgan fingerprint density at radius 2 is 1.86 bits per heavy atom. The van der Waals surface area contributed by atoms with Gasteiger partial charge >= 0.3 is 0 Å². The highest BCUT2D eigenvalue weighted by Crippen LogP contribution is 2.30. The molecule has 0 aliphatic heterocycles. The molecule has 0 N–H and O–H groups in total. The summed E-state index contributed by atoms with van der Waals surface area (Å²) in [4.78, 5) is 4.26. The second-order valence-corrected chi connectivity index (χ2v) is 5.47. The number of fused-ring (bicyclic) bond motifs is 1. The van der Waals surface area contributed by atoms with Crippen molar-refractivity contribution in [1.29, 1.82) is 5.26 Å². The highest BCUT2D eigenvalue weighted by Gasteiger charge is 2.19. The van der Waals surface area contributed by atoms with Gasteiger partial charge in [0.1, 0.15) is 17.5 Å². The van der Waals surface area contributed by atoms with E-state index in [0.717, 1.165) is 0 Å². The monoisotopic (exact) mass is 347 g/mol. The first-order valence-electron chi connectivity index (χ1n) is 6.02. The normalized spacial score (nSPS) is 10.8. The molecule has 0 radical (unpaired) electrons. The molecule has 3 nitrogen and oxygen atoms in total. The lowest BCUT2D eigenvalue weighted by atomic mass is 10.2. The van der Waals surface area contributed by atoms with Gasteiger partial charge in [0.05, 0.1) is 28.2 Å². The Hall–Kier alpha value is -2.26. The average molecular weight is 348 g/mol. The smallest absolute Gasteiger partial charge is 0.146 e. The lowest BCUT2D eigenvalue weighted by molar-refractivity contribution is 0.585. The van der Waals surface area contributed by atoms with Crippen LogP contribution in [0.1, 0.15) is 5.56 Å². The van der Waals surface area contributed by atoms with Crippen LogP contribution in [0.3, 0.4) is 0 Å². The van der Waals surface area contributed by atoms with Gasteiger partial charge in [0, 0.05) is 11.5 Å². The van der Waals surface area contributed by atoms with Crippen molar-refractivity contribution in [2.75, 3.05) is 0 Å². The highest BCUT2D eigenvalue weighted by molar-refractivity contribution is 9.10. The fourth-order valence-corrected chi connectivity index (χ4v) is 2.65. The minimum absolute atomic E-state index is 0.183. The van der Waals surface area contributed by atoms with E-state index in [0.29, 0.717) is 21.1 Å². The zero-order valence-corrected chi connectivity index (χ0v) is 12.4. The Kier molecular flexibility index (Phi) is 3.22. The van der Waals surface area contributed by atoms with Crippen LogP contribution in [0.5, 0.6) is 0 Å². The molecule has 0 unspecified atom stereocenters. The zero-order valence-electron chi connectivity index (χ0n) is 10.9. The quantitative estimate of drug-likeness (QED) is 0.663. The van der Waals surface area contributed by atoms with Gasteiger partial charge in [0.25, 0.3) is 0 Å². The molecule has 0 bridgehead atoms. The second-order valence-electron chi connectivity index (χ2n) is 4.55. The second kappa shape index (κ2) is 4.93. The van der Waals surface area contributed by atoms with E-state index in [1.807, 2.05) is 6.07 Å². The van der Waals surface area contributed by atoms with Gasteiger partial charge in [-0.25, -0.2) is 13.8 Å². The van der Waals surface area contributed by atoms with Crippen LogP contribution in [0.15, 0.2) is 34.8 Å². The minimum atomic E-state index is -0.694. The van der Waals surface area contributed by atoms with Gasteiger partial charge in [0.15, 0.2) is 0 Å². The summed E-state index contributed by atoms with van der Waals surface area (Å²) in [6, 6.07) is 9.34. The zero-order chi connectivity index (χ0) is 15.1. The number of halogens is 3. The third kappa shape index (κ3) is 2.20. The first-order valence-corrected chi connectivity index (χ1v) is 6.82. The van der Waals surface area contributed by atoms with Crippen molar-refractivity contribution in [2.24, 2.45) is 7.05 Å². The van der Waals surface area contributed by atoms with Gasteiger partial charge in [-0.15, -0.1) is 0 Å². The first kappa shape index (κ1) is 13.7. The fraction of sp³-hybridized carbons (Fsp3) is 0.0667. The molecule has 0 saturated carbocycles. The Balaban J connectivity index is 2.31. The van der Waals surface area contributed by atoms with Crippen LogP contribution in [0, 0.1) is 23.0 Å². The maximum atomic E-state index is 14.1. The van der Waals surface area contributed by atoms with Crippen LogP contribution >= 0.6 is 15.9 Å². The molecule has 0 atom stereocenters. The average Bonchev–Trinajstić information content (AvgIpc) is 2.74. The summed E-state index contributed by atoms with van der Waals surface area (Å²) in [7, 11) is 1.68. The molecular formula is C15H8BrF2N3. The molecule has 1 heterocycles. The molecule has 104 valence electrons. The van der Waals surface area contributed by atoms with Gasteiger partial charge in [-0.2, -0.15) is 5.26 Å². The summed E-state index contributed by atoms with van der Waals surface area (Å²) in [6.45, 7) is 0. The Bertz CT molecular complexity index is 886. The first-order chi connectivity index (χ1) is 10.0. The van der Waals surface area contributed by atoms with Crippen molar-refractivity contribution >= 4 is 27.0 Å². The molecule has 0 aliphatic rings. The topological polar surface area (TPSA) is 41.6 Å². The van der Waals surface area contributed by atoms with Crippen LogP contribution in [0.2, 0.25) is 0 Å². The van der Waals surface area contributed by atoms with E-state index in [4.69, 9.17) is 5.26 Å². The summed E-state index contributed by atoms with van der Waals surface area (Å²) in [5, 5.41) is 8.90. The molecule has 6 heteroatoms. The van der Waals surface area contributed by atoms with Crippen LogP contribution in [-0.2, 0) is 7.05 Å². The van der Waals surface area contributed by atoms with Gasteiger partial charge in [0.2, 0.25) is 0 Å². The van der Waals surface area contributed by atoms with Crippen molar-refractivity contribution in [2.45, 2.75) is 0 Å². The Labute approximate surface area is 127 Å². The van der Waals surface area contributed by atoms with Crippen molar-refractivity contribution < 1.29 is 8.78 Å². The lowest BCUT2D eigenvalue weighted by Gasteiger charge is -2.06. The summed E-state index contributed by atoms with van der Waals surface area (Å²) in [6.07, 6.45) is 0. The third-order valence-corrected chi connectivity index (χ3v) is 3.70. The number of rotatable bonds is 1. The molecule has 0 fully saturated rings. The molecular weight excluding hydrogens is 340 g/mol. The van der Waals surface area contributed by atoms with E-state index < -0.39 is 11.6 Å². The van der Waals surface area contributed by atoms with E-state index in [-0.39, 0.29) is 11.4 Å². The van der Waals surface area contributed by atoms with Crippen molar-refractivity contribution in [1.82, 2.24) is 9.55 Å². The van der Waals surface area contributed by atoms with E-state index in [9.17, 15) is 8.78 Å². The molecule has 1 aromatic heterocycles. The number of aryl methyl sites for hydroxylation is 1. The molecule has 3 rings (SSSR count).